The van der Waals surface area contributed by atoms with E-state index in [1.807, 2.05) is 5.32 Å². The topological polar surface area (TPSA) is 29.1 Å². The molecule has 0 aliphatic carbocycles. The molecule has 18 heavy (non-hydrogen) atoms. The van der Waals surface area contributed by atoms with Gasteiger partial charge in [-0.1, -0.05) is 32.0 Å². The Kier molecular flexibility index (Phi) is 4.32. The predicted molar refractivity (Wildman–Crippen MR) is 60.1 cm³/mol. The molecule has 6 heteroatoms. The van der Waals surface area contributed by atoms with Crippen molar-refractivity contribution in [3.05, 3.63) is 29.8 Å². The maximum absolute atomic E-state index is 12.8. The number of alkyl halides is 4. The Bertz CT molecular complexity index is 432. The molecule has 0 atom stereocenters. The van der Waals surface area contributed by atoms with Crippen LogP contribution in [0.15, 0.2) is 24.3 Å². The standard InChI is InChI=1S/C12H13F4NO/c1-7(2)8-5-3-4-6-9(8)17-11(18)12(15,16)10(13)14/h3-7,10H,1-2H3,(H,17,18). The second kappa shape index (κ2) is 5.37. The number of nitrogens with one attached hydrogen (secondary N) is 1. The number of hydrogen-bond acceptors (Lipinski definition) is 1. The van der Waals surface area contributed by atoms with E-state index in [0.29, 0.717) is 5.56 Å². The Hall–Kier alpha value is -1.59. The largest absolute Gasteiger partial charge is 0.383 e. The van der Waals surface area contributed by atoms with Crippen LogP contribution in [0.5, 0.6) is 0 Å². The molecule has 1 rings (SSSR count). The van der Waals surface area contributed by atoms with Gasteiger partial charge in [0.15, 0.2) is 0 Å². The first-order valence-corrected chi connectivity index (χ1v) is 5.33. The highest BCUT2D eigenvalue weighted by atomic mass is 19.3. The monoisotopic (exact) mass is 263 g/mol. The van der Waals surface area contributed by atoms with Gasteiger partial charge in [0.2, 0.25) is 0 Å². The second-order valence-electron chi connectivity index (χ2n) is 4.12. The molecule has 0 unspecified atom stereocenters. The molecule has 0 radical (unpaired) electrons. The minimum Gasteiger partial charge on any atom is -0.320 e. The van der Waals surface area contributed by atoms with Crippen molar-refractivity contribution in [1.29, 1.82) is 0 Å². The molecule has 1 amide bonds. The van der Waals surface area contributed by atoms with Gasteiger partial charge in [0, 0.05) is 5.69 Å². The average molecular weight is 263 g/mol. The zero-order valence-electron chi connectivity index (χ0n) is 9.88. The quantitative estimate of drug-likeness (QED) is 0.825. The van der Waals surface area contributed by atoms with Gasteiger partial charge < -0.3 is 5.32 Å². The molecule has 1 N–H and O–H groups in total. The number of carbonyl (C=O) groups is 1. The van der Waals surface area contributed by atoms with Gasteiger partial charge in [-0.25, -0.2) is 8.78 Å². The van der Waals surface area contributed by atoms with Crippen LogP contribution >= 0.6 is 0 Å². The number of para-hydroxylation sites is 1. The van der Waals surface area contributed by atoms with Crippen molar-refractivity contribution in [1.82, 2.24) is 0 Å². The Morgan fingerprint density at radius 3 is 2.28 bits per heavy atom. The van der Waals surface area contributed by atoms with Crippen molar-refractivity contribution in [2.45, 2.75) is 32.1 Å². The molecule has 2 nitrogen and oxygen atoms in total. The van der Waals surface area contributed by atoms with E-state index in [1.165, 1.54) is 12.1 Å². The smallest absolute Gasteiger partial charge is 0.320 e. The lowest BCUT2D eigenvalue weighted by Gasteiger charge is -2.18. The fourth-order valence-electron chi connectivity index (χ4n) is 1.42. The third-order valence-corrected chi connectivity index (χ3v) is 2.41. The van der Waals surface area contributed by atoms with Crippen LogP contribution in [0, 0.1) is 0 Å². The highest BCUT2D eigenvalue weighted by Crippen LogP contribution is 2.28. The van der Waals surface area contributed by atoms with Crippen LogP contribution in [-0.4, -0.2) is 18.3 Å². The Labute approximate surface area is 102 Å². The second-order valence-corrected chi connectivity index (χ2v) is 4.12. The van der Waals surface area contributed by atoms with Gasteiger partial charge in [0.1, 0.15) is 0 Å². The van der Waals surface area contributed by atoms with Crippen LogP contribution in [0.2, 0.25) is 0 Å². The number of hydrogen-bond donors (Lipinski definition) is 1. The summed E-state index contributed by atoms with van der Waals surface area (Å²) in [5.41, 5.74) is 0.730. The van der Waals surface area contributed by atoms with E-state index in [-0.39, 0.29) is 11.6 Å². The molecule has 0 heterocycles. The minimum absolute atomic E-state index is 0.0262. The van der Waals surface area contributed by atoms with Crippen LogP contribution in [0.4, 0.5) is 23.2 Å². The van der Waals surface area contributed by atoms with Crippen LogP contribution in [0.25, 0.3) is 0 Å². The molecule has 0 aliphatic heterocycles. The molecule has 0 saturated heterocycles. The predicted octanol–water partition coefficient (Wildman–Crippen LogP) is 3.65. The van der Waals surface area contributed by atoms with Crippen LogP contribution in [0.1, 0.15) is 25.3 Å². The van der Waals surface area contributed by atoms with E-state index in [9.17, 15) is 22.4 Å². The molecule has 1 aromatic carbocycles. The van der Waals surface area contributed by atoms with E-state index < -0.39 is 18.3 Å². The summed E-state index contributed by atoms with van der Waals surface area (Å²) in [5, 5.41) is 1.84. The zero-order valence-corrected chi connectivity index (χ0v) is 9.88. The van der Waals surface area contributed by atoms with Crippen molar-refractivity contribution >= 4 is 11.6 Å². The summed E-state index contributed by atoms with van der Waals surface area (Å²) >= 11 is 0. The highest BCUT2D eigenvalue weighted by molar-refractivity contribution is 5.97. The molecular weight excluding hydrogens is 250 g/mol. The van der Waals surface area contributed by atoms with Gasteiger partial charge in [0.25, 0.3) is 0 Å². The molecule has 0 spiro atoms. The maximum Gasteiger partial charge on any atom is 0.383 e. The van der Waals surface area contributed by atoms with E-state index >= 15 is 0 Å². The van der Waals surface area contributed by atoms with E-state index in [0.717, 1.165) is 0 Å². The number of benzene rings is 1. The first kappa shape index (κ1) is 14.5. The van der Waals surface area contributed by atoms with Crippen molar-refractivity contribution < 1.29 is 22.4 Å². The number of halogens is 4. The van der Waals surface area contributed by atoms with Crippen LogP contribution in [0.3, 0.4) is 0 Å². The number of anilines is 1. The molecule has 100 valence electrons. The van der Waals surface area contributed by atoms with Crippen molar-refractivity contribution in [3.63, 3.8) is 0 Å². The Morgan fingerprint density at radius 1 is 1.22 bits per heavy atom. The Morgan fingerprint density at radius 2 is 1.78 bits per heavy atom. The first-order chi connectivity index (χ1) is 8.26. The first-order valence-electron chi connectivity index (χ1n) is 5.33. The molecular formula is C12H13F4NO. The van der Waals surface area contributed by atoms with Gasteiger partial charge in [-0.2, -0.15) is 8.78 Å². The van der Waals surface area contributed by atoms with Crippen LogP contribution in [-0.2, 0) is 4.79 Å². The van der Waals surface area contributed by atoms with Crippen LogP contribution < -0.4 is 5.32 Å². The van der Waals surface area contributed by atoms with E-state index in [4.69, 9.17) is 0 Å². The number of rotatable bonds is 4. The number of carbonyl (C=O) groups excluding carboxylic acids is 1. The maximum atomic E-state index is 12.8. The third-order valence-electron chi connectivity index (χ3n) is 2.41. The van der Waals surface area contributed by atoms with Crippen molar-refractivity contribution in [2.24, 2.45) is 0 Å². The summed E-state index contributed by atoms with van der Waals surface area (Å²) in [6.45, 7) is 3.60. The van der Waals surface area contributed by atoms with Gasteiger partial charge in [0.05, 0.1) is 0 Å². The van der Waals surface area contributed by atoms with Gasteiger partial charge in [-0.3, -0.25) is 4.79 Å². The molecule has 0 aromatic heterocycles. The molecule has 0 saturated carbocycles. The molecule has 0 aliphatic rings. The number of amides is 1. The summed E-state index contributed by atoms with van der Waals surface area (Å²) < 4.78 is 49.6. The summed E-state index contributed by atoms with van der Waals surface area (Å²) in [5.74, 6) is -6.71. The van der Waals surface area contributed by atoms with Crippen molar-refractivity contribution in [2.75, 3.05) is 5.32 Å². The highest BCUT2D eigenvalue weighted by Gasteiger charge is 2.49. The van der Waals surface area contributed by atoms with E-state index in [1.54, 1.807) is 26.0 Å². The molecule has 1 aromatic rings. The lowest BCUT2D eigenvalue weighted by molar-refractivity contribution is -0.163. The minimum atomic E-state index is -4.69. The lowest BCUT2D eigenvalue weighted by atomic mass is 10.0. The van der Waals surface area contributed by atoms with Gasteiger partial charge in [-0.15, -0.1) is 0 Å². The summed E-state index contributed by atoms with van der Waals surface area (Å²) in [4.78, 5) is 11.1. The van der Waals surface area contributed by atoms with Crippen molar-refractivity contribution in [3.8, 4) is 0 Å². The van der Waals surface area contributed by atoms with Gasteiger partial charge >= 0.3 is 18.3 Å². The zero-order chi connectivity index (χ0) is 13.9. The summed E-state index contributed by atoms with van der Waals surface area (Å²) in [7, 11) is 0. The summed E-state index contributed by atoms with van der Waals surface area (Å²) in [6, 6.07) is 6.24. The third kappa shape index (κ3) is 3.00. The van der Waals surface area contributed by atoms with E-state index in [2.05, 4.69) is 0 Å². The normalized spacial score (nSPS) is 12.0. The average Bonchev–Trinajstić information content (AvgIpc) is 2.29. The molecule has 0 fully saturated rings. The molecule has 0 bridgehead atoms. The Balaban J connectivity index is 2.96. The van der Waals surface area contributed by atoms with Gasteiger partial charge in [-0.05, 0) is 17.5 Å². The lowest BCUT2D eigenvalue weighted by Crippen LogP contribution is -2.41. The fourth-order valence-corrected chi connectivity index (χ4v) is 1.42. The SMILES string of the molecule is CC(C)c1ccccc1NC(=O)C(F)(F)C(F)F. The summed E-state index contributed by atoms with van der Waals surface area (Å²) in [6.07, 6.45) is -4.02. The fraction of sp³-hybridized carbons (Fsp3) is 0.417.